The molecule has 102 valence electrons. The summed E-state index contributed by atoms with van der Waals surface area (Å²) in [7, 11) is 1.60. The smallest absolute Gasteiger partial charge is 0.256 e. The zero-order valence-electron chi connectivity index (χ0n) is 11.2. The fourth-order valence-corrected chi connectivity index (χ4v) is 3.20. The molecule has 0 saturated carbocycles. The quantitative estimate of drug-likeness (QED) is 0.887. The SMILES string of the molecule is COC(C(=O)N1C[C@@H]2CCN[C@@H]2C1)c1ccccc1. The third-order valence-electron chi connectivity index (χ3n) is 4.24. The lowest BCUT2D eigenvalue weighted by molar-refractivity contribution is -0.141. The highest BCUT2D eigenvalue weighted by Crippen LogP contribution is 2.28. The molecule has 0 aliphatic carbocycles. The molecule has 19 heavy (non-hydrogen) atoms. The van der Waals surface area contributed by atoms with Gasteiger partial charge in [-0.15, -0.1) is 0 Å². The van der Waals surface area contributed by atoms with E-state index in [0.717, 1.165) is 25.2 Å². The van der Waals surface area contributed by atoms with Gasteiger partial charge in [0.25, 0.3) is 5.91 Å². The van der Waals surface area contributed by atoms with Crippen molar-refractivity contribution in [1.29, 1.82) is 0 Å². The normalized spacial score (nSPS) is 27.3. The van der Waals surface area contributed by atoms with Gasteiger partial charge in [-0.05, 0) is 24.4 Å². The van der Waals surface area contributed by atoms with Crippen molar-refractivity contribution in [1.82, 2.24) is 10.2 Å². The van der Waals surface area contributed by atoms with Gasteiger partial charge in [-0.25, -0.2) is 0 Å². The predicted octanol–water partition coefficient (Wildman–Crippen LogP) is 1.19. The average Bonchev–Trinajstić information content (AvgIpc) is 3.01. The molecule has 0 radical (unpaired) electrons. The lowest BCUT2D eigenvalue weighted by Crippen LogP contribution is -2.37. The second-order valence-electron chi connectivity index (χ2n) is 5.38. The Balaban J connectivity index is 1.72. The number of carbonyl (C=O) groups is 1. The van der Waals surface area contributed by atoms with Crippen LogP contribution in [0.2, 0.25) is 0 Å². The van der Waals surface area contributed by atoms with Crippen molar-refractivity contribution in [3.05, 3.63) is 35.9 Å². The Kier molecular flexibility index (Phi) is 3.53. The number of benzene rings is 1. The monoisotopic (exact) mass is 260 g/mol. The lowest BCUT2D eigenvalue weighted by Gasteiger charge is -2.23. The summed E-state index contributed by atoms with van der Waals surface area (Å²) in [4.78, 5) is 14.5. The maximum Gasteiger partial charge on any atom is 0.256 e. The van der Waals surface area contributed by atoms with Crippen LogP contribution in [0.3, 0.4) is 0 Å². The number of amides is 1. The molecule has 4 heteroatoms. The van der Waals surface area contributed by atoms with Crippen molar-refractivity contribution in [2.45, 2.75) is 18.6 Å². The number of fused-ring (bicyclic) bond motifs is 1. The van der Waals surface area contributed by atoms with Crippen LogP contribution >= 0.6 is 0 Å². The summed E-state index contributed by atoms with van der Waals surface area (Å²) in [5, 5.41) is 3.47. The first kappa shape index (κ1) is 12.6. The number of nitrogens with one attached hydrogen (secondary N) is 1. The second-order valence-corrected chi connectivity index (χ2v) is 5.38. The van der Waals surface area contributed by atoms with Crippen molar-refractivity contribution in [3.8, 4) is 0 Å². The molecule has 2 aliphatic heterocycles. The van der Waals surface area contributed by atoms with Gasteiger partial charge in [-0.3, -0.25) is 4.79 Å². The first-order valence-corrected chi connectivity index (χ1v) is 6.89. The largest absolute Gasteiger partial charge is 0.367 e. The molecule has 0 aromatic heterocycles. The van der Waals surface area contributed by atoms with Crippen LogP contribution in [0.5, 0.6) is 0 Å². The molecule has 1 amide bonds. The number of nitrogens with zero attached hydrogens (tertiary/aromatic N) is 1. The van der Waals surface area contributed by atoms with Crippen LogP contribution in [0.4, 0.5) is 0 Å². The number of carbonyl (C=O) groups excluding carboxylic acids is 1. The van der Waals surface area contributed by atoms with Gasteiger partial charge in [0.15, 0.2) is 6.10 Å². The maximum atomic E-state index is 12.6. The van der Waals surface area contributed by atoms with E-state index in [1.54, 1.807) is 7.11 Å². The number of methoxy groups -OCH3 is 1. The molecule has 1 aromatic carbocycles. The van der Waals surface area contributed by atoms with Gasteiger partial charge in [0, 0.05) is 26.2 Å². The van der Waals surface area contributed by atoms with Crippen LogP contribution in [0.15, 0.2) is 30.3 Å². The van der Waals surface area contributed by atoms with Gasteiger partial charge in [-0.2, -0.15) is 0 Å². The topological polar surface area (TPSA) is 41.6 Å². The summed E-state index contributed by atoms with van der Waals surface area (Å²) in [6, 6.07) is 10.2. The Morgan fingerprint density at radius 2 is 2.16 bits per heavy atom. The summed E-state index contributed by atoms with van der Waals surface area (Å²) in [5.74, 6) is 0.710. The number of hydrogen-bond donors (Lipinski definition) is 1. The minimum atomic E-state index is -0.472. The number of hydrogen-bond acceptors (Lipinski definition) is 3. The number of likely N-dealkylation sites (tertiary alicyclic amines) is 1. The van der Waals surface area contributed by atoms with E-state index < -0.39 is 6.10 Å². The molecule has 3 rings (SSSR count). The van der Waals surface area contributed by atoms with E-state index in [-0.39, 0.29) is 5.91 Å². The van der Waals surface area contributed by atoms with Gasteiger partial charge in [0.1, 0.15) is 0 Å². The van der Waals surface area contributed by atoms with Crippen LogP contribution in [0.25, 0.3) is 0 Å². The van der Waals surface area contributed by atoms with Crippen LogP contribution < -0.4 is 5.32 Å². The van der Waals surface area contributed by atoms with Crippen molar-refractivity contribution in [2.24, 2.45) is 5.92 Å². The first-order valence-electron chi connectivity index (χ1n) is 6.89. The third kappa shape index (κ3) is 2.38. The predicted molar refractivity (Wildman–Crippen MR) is 72.7 cm³/mol. The molecule has 1 unspecified atom stereocenters. The van der Waals surface area contributed by atoms with E-state index in [0.29, 0.717) is 12.0 Å². The Hall–Kier alpha value is -1.39. The highest BCUT2D eigenvalue weighted by molar-refractivity contribution is 5.82. The summed E-state index contributed by atoms with van der Waals surface area (Å²) in [5.41, 5.74) is 0.931. The Labute approximate surface area is 113 Å². The molecule has 3 atom stereocenters. The summed E-state index contributed by atoms with van der Waals surface area (Å²) in [6.07, 6.45) is 0.706. The standard InChI is InChI=1S/C15H20N2O2/c1-19-14(11-5-3-2-4-6-11)15(18)17-9-12-7-8-16-13(12)10-17/h2-6,12-14,16H,7-10H2,1H3/t12-,13+,14?/m0/s1. The average molecular weight is 260 g/mol. The van der Waals surface area contributed by atoms with Gasteiger partial charge in [-0.1, -0.05) is 30.3 Å². The molecule has 1 N–H and O–H groups in total. The molecular formula is C15H20N2O2. The fraction of sp³-hybridized carbons (Fsp3) is 0.533. The Morgan fingerprint density at radius 1 is 1.37 bits per heavy atom. The van der Waals surface area contributed by atoms with E-state index in [9.17, 15) is 4.79 Å². The summed E-state index contributed by atoms with van der Waals surface area (Å²) in [6.45, 7) is 2.77. The van der Waals surface area contributed by atoms with Crippen molar-refractivity contribution < 1.29 is 9.53 Å². The van der Waals surface area contributed by atoms with Crippen LogP contribution in [0, 0.1) is 5.92 Å². The molecule has 0 bridgehead atoms. The number of rotatable bonds is 3. The minimum absolute atomic E-state index is 0.0879. The van der Waals surface area contributed by atoms with Crippen LogP contribution in [-0.2, 0) is 9.53 Å². The van der Waals surface area contributed by atoms with E-state index in [2.05, 4.69) is 5.32 Å². The van der Waals surface area contributed by atoms with E-state index in [4.69, 9.17) is 4.74 Å². The van der Waals surface area contributed by atoms with Gasteiger partial charge in [0.2, 0.25) is 0 Å². The van der Waals surface area contributed by atoms with Crippen LogP contribution in [0.1, 0.15) is 18.1 Å². The first-order chi connectivity index (χ1) is 9.29. The number of ether oxygens (including phenoxy) is 1. The molecule has 2 fully saturated rings. The Morgan fingerprint density at radius 3 is 2.84 bits per heavy atom. The molecule has 1 aromatic rings. The highest BCUT2D eigenvalue weighted by atomic mass is 16.5. The summed E-state index contributed by atoms with van der Waals surface area (Å²) < 4.78 is 5.42. The third-order valence-corrected chi connectivity index (χ3v) is 4.24. The minimum Gasteiger partial charge on any atom is -0.367 e. The van der Waals surface area contributed by atoms with Gasteiger partial charge < -0.3 is 15.0 Å². The van der Waals surface area contributed by atoms with Crippen molar-refractivity contribution >= 4 is 5.91 Å². The lowest BCUT2D eigenvalue weighted by atomic mass is 10.1. The van der Waals surface area contributed by atoms with Crippen molar-refractivity contribution in [3.63, 3.8) is 0 Å². The molecule has 2 saturated heterocycles. The zero-order valence-corrected chi connectivity index (χ0v) is 11.2. The molecule has 2 aliphatic rings. The molecule has 4 nitrogen and oxygen atoms in total. The van der Waals surface area contributed by atoms with Crippen LogP contribution in [-0.4, -0.2) is 43.6 Å². The van der Waals surface area contributed by atoms with E-state index in [1.165, 1.54) is 6.42 Å². The Bertz CT molecular complexity index is 437. The second kappa shape index (κ2) is 5.31. The fourth-order valence-electron chi connectivity index (χ4n) is 3.20. The molecular weight excluding hydrogens is 240 g/mol. The zero-order chi connectivity index (χ0) is 13.2. The molecule has 2 heterocycles. The maximum absolute atomic E-state index is 12.6. The van der Waals surface area contributed by atoms with Gasteiger partial charge in [0.05, 0.1) is 0 Å². The summed E-state index contributed by atoms with van der Waals surface area (Å²) >= 11 is 0. The van der Waals surface area contributed by atoms with Crippen molar-refractivity contribution in [2.75, 3.05) is 26.7 Å². The van der Waals surface area contributed by atoms with Gasteiger partial charge >= 0.3 is 0 Å². The molecule has 0 spiro atoms. The van der Waals surface area contributed by atoms with E-state index >= 15 is 0 Å². The highest BCUT2D eigenvalue weighted by Gasteiger charge is 2.39. The van der Waals surface area contributed by atoms with E-state index in [1.807, 2.05) is 35.2 Å².